The zero-order valence-electron chi connectivity index (χ0n) is 15.7. The molecule has 0 amide bonds. The lowest BCUT2D eigenvalue weighted by atomic mass is 9.59. The zero-order valence-corrected chi connectivity index (χ0v) is 15.7. The Morgan fingerprint density at radius 3 is 2.48 bits per heavy atom. The van der Waals surface area contributed by atoms with Gasteiger partial charge >= 0.3 is 0 Å². The van der Waals surface area contributed by atoms with E-state index in [-0.39, 0.29) is 17.2 Å². The molecule has 1 aromatic heterocycles. The first-order chi connectivity index (χ1) is 14.1. The van der Waals surface area contributed by atoms with E-state index in [0.29, 0.717) is 18.8 Å². The summed E-state index contributed by atoms with van der Waals surface area (Å²) < 4.78 is 5.64. The lowest BCUT2D eigenvalue weighted by Crippen LogP contribution is -2.47. The molecule has 1 aliphatic carbocycles. The minimum absolute atomic E-state index is 0.0189. The molecule has 4 rings (SSSR count). The van der Waals surface area contributed by atoms with Crippen LogP contribution in [0.3, 0.4) is 0 Å². The van der Waals surface area contributed by atoms with E-state index in [4.69, 9.17) is 10.2 Å². The van der Waals surface area contributed by atoms with Gasteiger partial charge in [0.1, 0.15) is 11.8 Å². The molecule has 2 atom stereocenters. The predicted octanol–water partition coefficient (Wildman–Crippen LogP) is 3.21. The summed E-state index contributed by atoms with van der Waals surface area (Å²) in [5, 5.41) is 29.8. The molecule has 1 aliphatic heterocycles. The molecule has 29 heavy (non-hydrogen) atoms. The van der Waals surface area contributed by atoms with E-state index in [1.54, 1.807) is 12.1 Å². The highest BCUT2D eigenvalue weighted by molar-refractivity contribution is 5.58. The normalized spacial score (nSPS) is 23.3. The molecule has 0 unspecified atom stereocenters. The largest absolute Gasteiger partial charge is 0.469 e. The summed E-state index contributed by atoms with van der Waals surface area (Å²) >= 11 is 0. The molecule has 0 saturated heterocycles. The Balaban J connectivity index is 1.82. The lowest BCUT2D eigenvalue weighted by Gasteiger charge is -2.44. The minimum Gasteiger partial charge on any atom is -0.469 e. The molecule has 0 radical (unpaired) electrons. The number of hydrogen-bond acceptors (Lipinski definition) is 6. The maximum atomic E-state index is 10.0. The SMILES string of the molecule is N#CC1=C(N)C(C#N)(C#N)[C@H](c2ccco2)[C@H]2CN(Cc3ccccc3)CC=C12. The van der Waals surface area contributed by atoms with Crippen LogP contribution in [0.4, 0.5) is 0 Å². The number of benzene rings is 1. The van der Waals surface area contributed by atoms with Crippen LogP contribution in [-0.2, 0) is 6.54 Å². The Morgan fingerprint density at radius 2 is 1.86 bits per heavy atom. The quantitative estimate of drug-likeness (QED) is 0.873. The van der Waals surface area contributed by atoms with E-state index in [0.717, 1.165) is 12.1 Å². The summed E-state index contributed by atoms with van der Waals surface area (Å²) in [5.74, 6) is -0.306. The molecule has 142 valence electrons. The van der Waals surface area contributed by atoms with Crippen LogP contribution in [0, 0.1) is 45.3 Å². The number of allylic oxidation sites excluding steroid dienone is 2. The van der Waals surface area contributed by atoms with Crippen LogP contribution < -0.4 is 5.73 Å². The van der Waals surface area contributed by atoms with Gasteiger partial charge in [-0.05, 0) is 23.3 Å². The summed E-state index contributed by atoms with van der Waals surface area (Å²) in [6.45, 7) is 1.99. The molecule has 0 spiro atoms. The lowest BCUT2D eigenvalue weighted by molar-refractivity contribution is 0.188. The van der Waals surface area contributed by atoms with Gasteiger partial charge in [-0.15, -0.1) is 0 Å². The second-order valence-electron chi connectivity index (χ2n) is 7.37. The molecule has 0 bridgehead atoms. The van der Waals surface area contributed by atoms with Gasteiger partial charge in [0, 0.05) is 25.6 Å². The Bertz CT molecular complexity index is 1080. The molecular weight excluding hydrogens is 362 g/mol. The summed E-state index contributed by atoms with van der Waals surface area (Å²) in [7, 11) is 0. The van der Waals surface area contributed by atoms with Gasteiger partial charge in [0.25, 0.3) is 0 Å². The van der Waals surface area contributed by atoms with E-state index >= 15 is 0 Å². The zero-order chi connectivity index (χ0) is 20.4. The van der Waals surface area contributed by atoms with Gasteiger partial charge in [-0.25, -0.2) is 0 Å². The third-order valence-electron chi connectivity index (χ3n) is 5.84. The van der Waals surface area contributed by atoms with Gasteiger partial charge in [-0.1, -0.05) is 36.4 Å². The highest BCUT2D eigenvalue weighted by atomic mass is 16.3. The molecule has 0 saturated carbocycles. The topological polar surface area (TPSA) is 114 Å². The average molecular weight is 381 g/mol. The molecule has 2 aromatic rings. The molecule has 2 N–H and O–H groups in total. The van der Waals surface area contributed by atoms with Crippen LogP contribution in [-0.4, -0.2) is 18.0 Å². The molecule has 0 fully saturated rings. The van der Waals surface area contributed by atoms with E-state index in [2.05, 4.69) is 35.2 Å². The van der Waals surface area contributed by atoms with E-state index in [1.807, 2.05) is 24.3 Å². The summed E-state index contributed by atoms with van der Waals surface area (Å²) in [6, 6.07) is 20.0. The number of fused-ring (bicyclic) bond motifs is 1. The van der Waals surface area contributed by atoms with Crippen molar-refractivity contribution in [2.45, 2.75) is 12.5 Å². The second kappa shape index (κ2) is 7.32. The van der Waals surface area contributed by atoms with Crippen LogP contribution in [0.5, 0.6) is 0 Å². The highest BCUT2D eigenvalue weighted by Crippen LogP contribution is 2.54. The maximum Gasteiger partial charge on any atom is 0.194 e. The highest BCUT2D eigenvalue weighted by Gasteiger charge is 2.55. The first-order valence-corrected chi connectivity index (χ1v) is 9.37. The van der Waals surface area contributed by atoms with Crippen molar-refractivity contribution in [3.05, 3.63) is 83.0 Å². The van der Waals surface area contributed by atoms with E-state index < -0.39 is 11.3 Å². The Hall–Kier alpha value is -3.79. The van der Waals surface area contributed by atoms with Crippen molar-refractivity contribution in [2.24, 2.45) is 17.1 Å². The summed E-state index contributed by atoms with van der Waals surface area (Å²) in [5.41, 5.74) is 6.87. The van der Waals surface area contributed by atoms with Gasteiger partial charge in [-0.2, -0.15) is 15.8 Å². The molecule has 2 aliphatic rings. The van der Waals surface area contributed by atoms with Crippen molar-refractivity contribution in [2.75, 3.05) is 13.1 Å². The fourth-order valence-corrected chi connectivity index (χ4v) is 4.48. The van der Waals surface area contributed by atoms with Crippen molar-refractivity contribution >= 4 is 0 Å². The van der Waals surface area contributed by atoms with Gasteiger partial charge in [0.15, 0.2) is 5.41 Å². The van der Waals surface area contributed by atoms with Crippen molar-refractivity contribution in [3.63, 3.8) is 0 Å². The van der Waals surface area contributed by atoms with Crippen LogP contribution in [0.1, 0.15) is 17.2 Å². The van der Waals surface area contributed by atoms with E-state index in [1.165, 1.54) is 11.8 Å². The number of rotatable bonds is 3. The first-order valence-electron chi connectivity index (χ1n) is 9.37. The molecular formula is C23H19N5O. The molecule has 6 heteroatoms. The van der Waals surface area contributed by atoms with Crippen molar-refractivity contribution in [1.29, 1.82) is 15.8 Å². The number of furan rings is 1. The van der Waals surface area contributed by atoms with Crippen molar-refractivity contribution < 1.29 is 4.42 Å². The summed E-state index contributed by atoms with van der Waals surface area (Å²) in [4.78, 5) is 2.25. The van der Waals surface area contributed by atoms with E-state index in [9.17, 15) is 15.8 Å². The summed E-state index contributed by atoms with van der Waals surface area (Å²) in [6.07, 6.45) is 3.53. The number of nitrogens with zero attached hydrogens (tertiary/aromatic N) is 4. The van der Waals surface area contributed by atoms with Crippen LogP contribution in [0.15, 0.2) is 76.1 Å². The third-order valence-corrected chi connectivity index (χ3v) is 5.84. The van der Waals surface area contributed by atoms with Gasteiger partial charge in [0.2, 0.25) is 0 Å². The van der Waals surface area contributed by atoms with Crippen LogP contribution >= 0.6 is 0 Å². The first kappa shape index (κ1) is 18.6. The monoisotopic (exact) mass is 381 g/mol. The smallest absolute Gasteiger partial charge is 0.194 e. The van der Waals surface area contributed by atoms with Crippen molar-refractivity contribution in [3.8, 4) is 18.2 Å². The minimum atomic E-state index is -1.65. The molecule has 6 nitrogen and oxygen atoms in total. The van der Waals surface area contributed by atoms with Gasteiger partial charge in [-0.3, -0.25) is 4.90 Å². The Labute approximate surface area is 169 Å². The van der Waals surface area contributed by atoms with Crippen molar-refractivity contribution in [1.82, 2.24) is 4.90 Å². The van der Waals surface area contributed by atoms with Gasteiger partial charge < -0.3 is 10.2 Å². The number of nitrogens with two attached hydrogens (primary N) is 1. The Kier molecular flexibility index (Phi) is 4.69. The fraction of sp³-hybridized carbons (Fsp3) is 0.261. The third kappa shape index (κ3) is 2.90. The standard InChI is InChI=1S/C23H19N5O/c24-11-18-17-8-9-28(12-16-5-2-1-3-6-16)13-19(17)21(20-7-4-10-29-20)23(14-25,15-26)22(18)27/h1-8,10,19,21H,9,12-13,27H2/t19-,21-/m0/s1. The molecule has 1 aromatic carbocycles. The van der Waals surface area contributed by atoms with Crippen LogP contribution in [0.25, 0.3) is 0 Å². The molecule has 2 heterocycles. The Morgan fingerprint density at radius 1 is 1.10 bits per heavy atom. The second-order valence-corrected chi connectivity index (χ2v) is 7.37. The number of nitriles is 3. The maximum absolute atomic E-state index is 10.0. The van der Waals surface area contributed by atoms with Gasteiger partial charge in [0.05, 0.1) is 35.6 Å². The average Bonchev–Trinajstić information content (AvgIpc) is 3.28. The number of hydrogen-bond donors (Lipinski definition) is 1. The fourth-order valence-electron chi connectivity index (χ4n) is 4.48. The van der Waals surface area contributed by atoms with Crippen LogP contribution in [0.2, 0.25) is 0 Å². The predicted molar refractivity (Wildman–Crippen MR) is 105 cm³/mol.